The molecule has 0 aliphatic carbocycles. The molecule has 0 radical (unpaired) electrons. The highest BCUT2D eigenvalue weighted by molar-refractivity contribution is 14.1. The summed E-state index contributed by atoms with van der Waals surface area (Å²) in [5.74, 6) is 0. The van der Waals surface area contributed by atoms with E-state index < -0.39 is 4.92 Å². The molecule has 0 unspecified atom stereocenters. The second-order valence-electron chi connectivity index (χ2n) is 1.95. The Hall–Kier alpha value is -0.0700. The minimum Gasteiger partial charge on any atom is -0.258 e. The molecular formula is C6H2Cl2INO2. The summed E-state index contributed by atoms with van der Waals surface area (Å²) in [6.45, 7) is 0. The number of halogens is 3. The zero-order chi connectivity index (χ0) is 9.30. The van der Waals surface area contributed by atoms with Gasteiger partial charge in [0, 0.05) is 9.64 Å². The van der Waals surface area contributed by atoms with Crippen molar-refractivity contribution in [2.75, 3.05) is 0 Å². The van der Waals surface area contributed by atoms with E-state index in [9.17, 15) is 10.1 Å². The van der Waals surface area contributed by atoms with Crippen LogP contribution in [0.2, 0.25) is 10.0 Å². The average molecular weight is 318 g/mol. The van der Waals surface area contributed by atoms with Crippen LogP contribution in [0.25, 0.3) is 0 Å². The summed E-state index contributed by atoms with van der Waals surface area (Å²) in [6, 6.07) is 2.88. The topological polar surface area (TPSA) is 43.1 Å². The summed E-state index contributed by atoms with van der Waals surface area (Å²) in [4.78, 5) is 9.78. The van der Waals surface area contributed by atoms with Crippen LogP contribution in [-0.2, 0) is 0 Å². The van der Waals surface area contributed by atoms with E-state index >= 15 is 0 Å². The molecule has 0 atom stereocenters. The van der Waals surface area contributed by atoms with Gasteiger partial charge in [-0.15, -0.1) is 0 Å². The molecule has 0 spiro atoms. The molecular weight excluding hydrogens is 316 g/mol. The van der Waals surface area contributed by atoms with Gasteiger partial charge in [-0.2, -0.15) is 0 Å². The normalized spacial score (nSPS) is 9.92. The van der Waals surface area contributed by atoms with Crippen LogP contribution in [0.3, 0.4) is 0 Å². The molecule has 1 aromatic rings. The highest BCUT2D eigenvalue weighted by Gasteiger charge is 2.16. The van der Waals surface area contributed by atoms with E-state index in [2.05, 4.69) is 0 Å². The van der Waals surface area contributed by atoms with E-state index in [1.165, 1.54) is 6.07 Å². The minimum absolute atomic E-state index is 0.00596. The van der Waals surface area contributed by atoms with E-state index in [1.807, 2.05) is 22.6 Å². The van der Waals surface area contributed by atoms with Gasteiger partial charge >= 0.3 is 0 Å². The second kappa shape index (κ2) is 3.76. The Morgan fingerprint density at radius 2 is 1.92 bits per heavy atom. The Kier molecular flexibility index (Phi) is 3.14. The van der Waals surface area contributed by atoms with Gasteiger partial charge < -0.3 is 0 Å². The number of hydrogen-bond acceptors (Lipinski definition) is 2. The summed E-state index contributed by atoms with van der Waals surface area (Å²) < 4.78 is 0.699. The second-order valence-corrected chi connectivity index (χ2v) is 3.87. The lowest BCUT2D eigenvalue weighted by Gasteiger charge is -1.98. The summed E-state index contributed by atoms with van der Waals surface area (Å²) in [7, 11) is 0. The number of rotatable bonds is 1. The number of nitrogens with zero attached hydrogens (tertiary/aromatic N) is 1. The van der Waals surface area contributed by atoms with E-state index in [4.69, 9.17) is 23.2 Å². The number of benzene rings is 1. The standard InChI is InChI=1S/C6H2Cl2INO2/c7-5-3(9)1-2-4(6(5)8)10(11)12/h1-2H. The maximum Gasteiger partial charge on any atom is 0.289 e. The first kappa shape index (κ1) is 10.0. The third-order valence-electron chi connectivity index (χ3n) is 1.21. The molecule has 0 aliphatic heterocycles. The van der Waals surface area contributed by atoms with Crippen molar-refractivity contribution in [3.8, 4) is 0 Å². The molecule has 0 N–H and O–H groups in total. The van der Waals surface area contributed by atoms with Gasteiger partial charge in [0.2, 0.25) is 0 Å². The molecule has 1 rings (SSSR count). The summed E-state index contributed by atoms with van der Waals surface area (Å²) in [6.07, 6.45) is 0. The molecule has 1 aromatic carbocycles. The van der Waals surface area contributed by atoms with Crippen LogP contribution in [0, 0.1) is 13.7 Å². The van der Waals surface area contributed by atoms with E-state index in [1.54, 1.807) is 6.07 Å². The molecule has 0 fully saturated rings. The first-order valence-corrected chi connectivity index (χ1v) is 4.65. The van der Waals surface area contributed by atoms with Gasteiger partial charge in [0.15, 0.2) is 0 Å². The van der Waals surface area contributed by atoms with Gasteiger partial charge in [0.05, 0.1) is 9.95 Å². The first-order chi connectivity index (χ1) is 5.54. The van der Waals surface area contributed by atoms with Gasteiger partial charge in [-0.3, -0.25) is 10.1 Å². The smallest absolute Gasteiger partial charge is 0.258 e. The number of hydrogen-bond donors (Lipinski definition) is 0. The lowest BCUT2D eigenvalue weighted by Crippen LogP contribution is -1.90. The van der Waals surface area contributed by atoms with Gasteiger partial charge in [0.1, 0.15) is 5.02 Å². The van der Waals surface area contributed by atoms with Gasteiger partial charge in [0.25, 0.3) is 5.69 Å². The fourth-order valence-corrected chi connectivity index (χ4v) is 1.66. The third-order valence-corrected chi connectivity index (χ3v) is 3.30. The largest absolute Gasteiger partial charge is 0.289 e. The van der Waals surface area contributed by atoms with Crippen LogP contribution < -0.4 is 0 Å². The molecule has 6 heteroatoms. The Labute approximate surface area is 92.0 Å². The van der Waals surface area contributed by atoms with Gasteiger partial charge in [-0.05, 0) is 28.7 Å². The molecule has 0 aromatic heterocycles. The predicted octanol–water partition coefficient (Wildman–Crippen LogP) is 3.51. The number of nitro groups is 1. The molecule has 64 valence electrons. The quantitative estimate of drug-likeness (QED) is 0.344. The molecule has 0 saturated carbocycles. The van der Waals surface area contributed by atoms with Crippen LogP contribution in [0.15, 0.2) is 12.1 Å². The molecule has 3 nitrogen and oxygen atoms in total. The van der Waals surface area contributed by atoms with Crippen molar-refractivity contribution in [1.82, 2.24) is 0 Å². The van der Waals surface area contributed by atoms with Crippen molar-refractivity contribution < 1.29 is 4.92 Å². The highest BCUT2D eigenvalue weighted by atomic mass is 127. The maximum atomic E-state index is 10.3. The SMILES string of the molecule is O=[N+]([O-])c1ccc(I)c(Cl)c1Cl. The summed E-state index contributed by atoms with van der Waals surface area (Å²) in [5.41, 5.74) is -0.165. The molecule has 0 saturated heterocycles. The van der Waals surface area contributed by atoms with Crippen molar-refractivity contribution in [3.05, 3.63) is 35.9 Å². The van der Waals surface area contributed by atoms with Crippen LogP contribution in [-0.4, -0.2) is 4.92 Å². The molecule has 0 amide bonds. The lowest BCUT2D eigenvalue weighted by atomic mass is 10.3. The fourth-order valence-electron chi connectivity index (χ4n) is 0.657. The number of nitro benzene ring substituents is 1. The van der Waals surface area contributed by atoms with E-state index in [0.717, 1.165) is 0 Å². The lowest BCUT2D eigenvalue weighted by molar-refractivity contribution is -0.384. The first-order valence-electron chi connectivity index (χ1n) is 2.82. The van der Waals surface area contributed by atoms with Crippen LogP contribution >= 0.6 is 45.8 Å². The fraction of sp³-hybridized carbons (Fsp3) is 0. The van der Waals surface area contributed by atoms with E-state index in [0.29, 0.717) is 3.57 Å². The monoisotopic (exact) mass is 317 g/mol. The average Bonchev–Trinajstić information content (AvgIpc) is 2.00. The molecule has 12 heavy (non-hydrogen) atoms. The van der Waals surface area contributed by atoms with Gasteiger partial charge in [-0.1, -0.05) is 23.2 Å². The Balaban J connectivity index is 3.36. The van der Waals surface area contributed by atoms with Crippen LogP contribution in [0.1, 0.15) is 0 Å². The molecule has 0 heterocycles. The summed E-state index contributed by atoms with van der Waals surface area (Å²) >= 11 is 13.2. The highest BCUT2D eigenvalue weighted by Crippen LogP contribution is 2.34. The Morgan fingerprint density at radius 3 is 2.42 bits per heavy atom. The van der Waals surface area contributed by atoms with Crippen molar-refractivity contribution >= 4 is 51.5 Å². The van der Waals surface area contributed by atoms with Crippen LogP contribution in [0.4, 0.5) is 5.69 Å². The minimum atomic E-state index is -0.565. The van der Waals surface area contributed by atoms with Crippen molar-refractivity contribution in [3.63, 3.8) is 0 Å². The zero-order valence-corrected chi connectivity index (χ0v) is 9.22. The Morgan fingerprint density at radius 1 is 1.33 bits per heavy atom. The third kappa shape index (κ3) is 1.81. The zero-order valence-electron chi connectivity index (χ0n) is 5.55. The van der Waals surface area contributed by atoms with Gasteiger partial charge in [-0.25, -0.2) is 0 Å². The van der Waals surface area contributed by atoms with Crippen molar-refractivity contribution in [1.29, 1.82) is 0 Å². The Bertz CT molecular complexity index is 343. The maximum absolute atomic E-state index is 10.3. The van der Waals surface area contributed by atoms with Crippen LogP contribution in [0.5, 0.6) is 0 Å². The van der Waals surface area contributed by atoms with Crippen molar-refractivity contribution in [2.45, 2.75) is 0 Å². The summed E-state index contributed by atoms with van der Waals surface area (Å²) in [5, 5.41) is 10.6. The predicted molar refractivity (Wildman–Crippen MR) is 55.8 cm³/mol. The van der Waals surface area contributed by atoms with E-state index in [-0.39, 0.29) is 15.7 Å². The van der Waals surface area contributed by atoms with Crippen molar-refractivity contribution in [2.24, 2.45) is 0 Å². The molecule has 0 aliphatic rings. The molecule has 0 bridgehead atoms.